The lowest BCUT2D eigenvalue weighted by atomic mass is 10.2. The lowest BCUT2D eigenvalue weighted by molar-refractivity contribution is -0.124. The van der Waals surface area contributed by atoms with Crippen molar-refractivity contribution < 1.29 is 17.9 Å². The normalized spacial score (nSPS) is 17.5. The largest absolute Gasteiger partial charge is 0.476 e. The Bertz CT molecular complexity index is 805. The first-order chi connectivity index (χ1) is 10.5. The van der Waals surface area contributed by atoms with Crippen molar-refractivity contribution in [1.82, 2.24) is 0 Å². The number of anilines is 1. The number of ether oxygens (including phenoxy) is 1. The van der Waals surface area contributed by atoms with Crippen LogP contribution in [0.2, 0.25) is 0 Å². The molecule has 22 heavy (non-hydrogen) atoms. The number of para-hydroxylation sites is 2. The Hall–Kier alpha value is -2.54. The number of nitrogens with two attached hydrogens (primary N) is 1. The SMILES string of the molecule is NC(=O)[C@@H]1CN(S(=O)(=O)c2ccccc2)c2ccccc2O1. The van der Waals surface area contributed by atoms with E-state index in [0.717, 1.165) is 4.31 Å². The molecule has 1 heterocycles. The monoisotopic (exact) mass is 318 g/mol. The number of rotatable bonds is 3. The van der Waals surface area contributed by atoms with Gasteiger partial charge in [-0.3, -0.25) is 9.10 Å². The van der Waals surface area contributed by atoms with Gasteiger partial charge < -0.3 is 10.5 Å². The molecule has 2 aromatic rings. The third-order valence-corrected chi connectivity index (χ3v) is 5.18. The van der Waals surface area contributed by atoms with Crippen molar-refractivity contribution in [1.29, 1.82) is 0 Å². The average molecular weight is 318 g/mol. The Morgan fingerprint density at radius 1 is 1.09 bits per heavy atom. The van der Waals surface area contributed by atoms with Crippen molar-refractivity contribution in [3.05, 3.63) is 54.6 Å². The predicted octanol–water partition coefficient (Wildman–Crippen LogP) is 1.13. The number of carbonyl (C=O) groups is 1. The maximum absolute atomic E-state index is 12.8. The molecule has 3 rings (SSSR count). The fourth-order valence-electron chi connectivity index (χ4n) is 2.30. The van der Waals surface area contributed by atoms with Gasteiger partial charge in [0.05, 0.1) is 17.1 Å². The van der Waals surface area contributed by atoms with E-state index in [1.54, 1.807) is 42.5 Å². The molecular weight excluding hydrogens is 304 g/mol. The summed E-state index contributed by atoms with van der Waals surface area (Å²) in [5.41, 5.74) is 5.68. The molecule has 114 valence electrons. The van der Waals surface area contributed by atoms with E-state index in [4.69, 9.17) is 10.5 Å². The Morgan fingerprint density at radius 3 is 2.41 bits per heavy atom. The molecule has 1 aliphatic heterocycles. The highest BCUT2D eigenvalue weighted by Gasteiger charge is 2.36. The van der Waals surface area contributed by atoms with E-state index >= 15 is 0 Å². The fourth-order valence-corrected chi connectivity index (χ4v) is 3.79. The highest BCUT2D eigenvalue weighted by Crippen LogP contribution is 2.36. The zero-order valence-corrected chi connectivity index (χ0v) is 12.4. The van der Waals surface area contributed by atoms with Crippen LogP contribution >= 0.6 is 0 Å². The quantitative estimate of drug-likeness (QED) is 0.918. The summed E-state index contributed by atoms with van der Waals surface area (Å²) in [4.78, 5) is 11.6. The van der Waals surface area contributed by atoms with Crippen molar-refractivity contribution in [2.75, 3.05) is 10.8 Å². The molecule has 0 fully saturated rings. The third kappa shape index (κ3) is 2.39. The van der Waals surface area contributed by atoms with Gasteiger partial charge in [-0.2, -0.15) is 0 Å². The summed E-state index contributed by atoms with van der Waals surface area (Å²) in [5, 5.41) is 0. The summed E-state index contributed by atoms with van der Waals surface area (Å²) in [6.07, 6.45) is -1.02. The lowest BCUT2D eigenvalue weighted by Crippen LogP contribution is -2.49. The summed E-state index contributed by atoms with van der Waals surface area (Å²) in [6, 6.07) is 14.7. The number of nitrogens with zero attached hydrogens (tertiary/aromatic N) is 1. The summed E-state index contributed by atoms with van der Waals surface area (Å²) < 4.78 is 32.3. The van der Waals surface area contributed by atoms with E-state index < -0.39 is 22.0 Å². The second-order valence-corrected chi connectivity index (χ2v) is 6.69. The number of carbonyl (C=O) groups excluding carboxylic acids is 1. The molecule has 0 unspecified atom stereocenters. The van der Waals surface area contributed by atoms with Gasteiger partial charge in [0.2, 0.25) is 0 Å². The first-order valence-electron chi connectivity index (χ1n) is 6.63. The fraction of sp³-hybridized carbons (Fsp3) is 0.133. The number of hydrogen-bond donors (Lipinski definition) is 1. The van der Waals surface area contributed by atoms with Crippen molar-refractivity contribution >= 4 is 21.6 Å². The zero-order valence-electron chi connectivity index (χ0n) is 11.5. The van der Waals surface area contributed by atoms with Gasteiger partial charge in [-0.05, 0) is 24.3 Å². The maximum Gasteiger partial charge on any atom is 0.264 e. The highest BCUT2D eigenvalue weighted by atomic mass is 32.2. The van der Waals surface area contributed by atoms with Crippen molar-refractivity contribution in [2.24, 2.45) is 5.73 Å². The van der Waals surface area contributed by atoms with Gasteiger partial charge in [0.25, 0.3) is 15.9 Å². The zero-order chi connectivity index (χ0) is 15.7. The number of amides is 1. The van der Waals surface area contributed by atoms with Crippen LogP contribution in [0.15, 0.2) is 59.5 Å². The van der Waals surface area contributed by atoms with Crippen LogP contribution in [0.25, 0.3) is 0 Å². The third-order valence-electron chi connectivity index (χ3n) is 3.38. The van der Waals surface area contributed by atoms with Crippen molar-refractivity contribution in [3.8, 4) is 5.75 Å². The summed E-state index contributed by atoms with van der Waals surface area (Å²) >= 11 is 0. The van der Waals surface area contributed by atoms with E-state index in [-0.39, 0.29) is 11.4 Å². The molecule has 0 aromatic heterocycles. The summed E-state index contributed by atoms with van der Waals surface area (Å²) in [5.74, 6) is -0.389. The van der Waals surface area contributed by atoms with E-state index in [1.165, 1.54) is 12.1 Å². The Kier molecular flexibility index (Phi) is 3.50. The number of fused-ring (bicyclic) bond motifs is 1. The second-order valence-electron chi connectivity index (χ2n) is 4.83. The number of primary amides is 1. The van der Waals surface area contributed by atoms with Crippen LogP contribution < -0.4 is 14.8 Å². The van der Waals surface area contributed by atoms with Crippen LogP contribution in [-0.4, -0.2) is 27.0 Å². The topological polar surface area (TPSA) is 89.7 Å². The molecule has 1 atom stereocenters. The number of benzene rings is 2. The van der Waals surface area contributed by atoms with Gasteiger partial charge in [-0.1, -0.05) is 30.3 Å². The van der Waals surface area contributed by atoms with Gasteiger partial charge >= 0.3 is 0 Å². The average Bonchev–Trinajstić information content (AvgIpc) is 2.54. The van der Waals surface area contributed by atoms with Crippen LogP contribution in [-0.2, 0) is 14.8 Å². The standard InChI is InChI=1S/C15H14N2O4S/c16-15(18)14-10-17(12-8-4-5-9-13(12)21-14)22(19,20)11-6-2-1-3-7-11/h1-9,14H,10H2,(H2,16,18)/t14-/m0/s1. The van der Waals surface area contributed by atoms with E-state index in [1.807, 2.05) is 0 Å². The summed E-state index contributed by atoms with van der Waals surface area (Å²) in [7, 11) is -3.80. The van der Waals surface area contributed by atoms with E-state index in [9.17, 15) is 13.2 Å². The van der Waals surface area contributed by atoms with Gasteiger partial charge in [0.15, 0.2) is 6.10 Å². The maximum atomic E-state index is 12.8. The van der Waals surface area contributed by atoms with Crippen molar-refractivity contribution in [2.45, 2.75) is 11.0 Å². The Balaban J connectivity index is 2.11. The molecule has 0 saturated heterocycles. The molecule has 1 amide bonds. The van der Waals surface area contributed by atoms with Crippen LogP contribution in [0.5, 0.6) is 5.75 Å². The van der Waals surface area contributed by atoms with E-state index in [2.05, 4.69) is 0 Å². The smallest absolute Gasteiger partial charge is 0.264 e. The minimum atomic E-state index is -3.80. The van der Waals surface area contributed by atoms with Gasteiger partial charge in [0.1, 0.15) is 5.75 Å². The first-order valence-corrected chi connectivity index (χ1v) is 8.07. The van der Waals surface area contributed by atoms with Gasteiger partial charge in [-0.25, -0.2) is 8.42 Å². The molecule has 0 radical (unpaired) electrons. The molecule has 7 heteroatoms. The molecular formula is C15H14N2O4S. The van der Waals surface area contributed by atoms with Gasteiger partial charge in [0, 0.05) is 0 Å². The van der Waals surface area contributed by atoms with Crippen LogP contribution in [0.1, 0.15) is 0 Å². The minimum Gasteiger partial charge on any atom is -0.476 e. The molecule has 1 aliphatic rings. The van der Waals surface area contributed by atoms with Crippen LogP contribution in [0.4, 0.5) is 5.69 Å². The Labute approximate surface area is 128 Å². The van der Waals surface area contributed by atoms with Crippen LogP contribution in [0, 0.1) is 0 Å². The number of sulfonamides is 1. The van der Waals surface area contributed by atoms with Crippen molar-refractivity contribution in [3.63, 3.8) is 0 Å². The molecule has 2 N–H and O–H groups in total. The predicted molar refractivity (Wildman–Crippen MR) is 81.0 cm³/mol. The number of hydrogen-bond acceptors (Lipinski definition) is 4. The molecule has 0 saturated carbocycles. The van der Waals surface area contributed by atoms with Crippen LogP contribution in [0.3, 0.4) is 0 Å². The first kappa shape index (κ1) is 14.4. The molecule has 0 bridgehead atoms. The van der Waals surface area contributed by atoms with Gasteiger partial charge in [-0.15, -0.1) is 0 Å². The van der Waals surface area contributed by atoms with E-state index in [0.29, 0.717) is 11.4 Å². The molecule has 0 aliphatic carbocycles. The molecule has 6 nitrogen and oxygen atoms in total. The molecule has 0 spiro atoms. The highest BCUT2D eigenvalue weighted by molar-refractivity contribution is 7.92. The lowest BCUT2D eigenvalue weighted by Gasteiger charge is -2.34. The molecule has 2 aromatic carbocycles. The summed E-state index contributed by atoms with van der Waals surface area (Å²) in [6.45, 7) is -0.149. The Morgan fingerprint density at radius 2 is 1.73 bits per heavy atom. The minimum absolute atomic E-state index is 0.148. The second kappa shape index (κ2) is 5.34.